The van der Waals surface area contributed by atoms with Crippen molar-refractivity contribution in [2.45, 2.75) is 12.8 Å². The number of hydrogen-bond acceptors (Lipinski definition) is 3. The molecule has 1 aliphatic rings. The Balaban J connectivity index is 0.00000139. The number of pyridine rings is 1. The Kier molecular flexibility index (Phi) is 9.74. The van der Waals surface area contributed by atoms with E-state index in [1.165, 1.54) is 12.4 Å². The number of nitrogens with two attached hydrogens (primary N) is 1. The molecule has 0 saturated carbocycles. The molecule has 1 aromatic rings. The number of allylic oxidation sites excluding steroid dienone is 9. The first kappa shape index (κ1) is 20.1. The van der Waals surface area contributed by atoms with Gasteiger partial charge in [-0.1, -0.05) is 36.0 Å². The third kappa shape index (κ3) is 6.30. The van der Waals surface area contributed by atoms with E-state index in [0.29, 0.717) is 11.4 Å². The summed E-state index contributed by atoms with van der Waals surface area (Å²) in [6.07, 6.45) is 17.2. The van der Waals surface area contributed by atoms with Crippen molar-refractivity contribution in [3.63, 3.8) is 0 Å². The molecule has 2 heterocycles. The van der Waals surface area contributed by atoms with Crippen LogP contribution in [-0.4, -0.2) is 6.21 Å². The summed E-state index contributed by atoms with van der Waals surface area (Å²) in [5, 5.41) is 7.00. The summed E-state index contributed by atoms with van der Waals surface area (Å²) in [4.78, 5) is 16.5. The summed E-state index contributed by atoms with van der Waals surface area (Å²) in [6, 6.07) is 3.10. The van der Waals surface area contributed by atoms with Crippen LogP contribution in [0.5, 0.6) is 0 Å². The molecule has 4 nitrogen and oxygen atoms in total. The van der Waals surface area contributed by atoms with Crippen molar-refractivity contribution in [3.8, 4) is 0 Å². The zero-order valence-electron chi connectivity index (χ0n) is 12.9. The summed E-state index contributed by atoms with van der Waals surface area (Å²) in [7, 11) is 4.61. The van der Waals surface area contributed by atoms with Gasteiger partial charge in [0.05, 0.1) is 0 Å². The van der Waals surface area contributed by atoms with Gasteiger partial charge in [0.1, 0.15) is 0 Å². The molecule has 0 spiro atoms. The van der Waals surface area contributed by atoms with Gasteiger partial charge in [0.25, 0.3) is 0 Å². The van der Waals surface area contributed by atoms with Gasteiger partial charge in [-0.15, -0.1) is 11.4 Å². The van der Waals surface area contributed by atoms with Crippen molar-refractivity contribution in [3.05, 3.63) is 82.5 Å². The molecule has 0 fully saturated rings. The van der Waals surface area contributed by atoms with Crippen LogP contribution >= 0.6 is 9.42 Å². The second kappa shape index (κ2) is 11.6. The van der Waals surface area contributed by atoms with E-state index in [9.17, 15) is 4.79 Å². The van der Waals surface area contributed by atoms with Gasteiger partial charge in [-0.2, -0.15) is 0 Å². The van der Waals surface area contributed by atoms with Crippen LogP contribution in [0, 0.1) is 5.41 Å². The second-order valence-electron chi connectivity index (χ2n) is 4.76. The molecule has 0 amide bonds. The van der Waals surface area contributed by atoms with E-state index in [-0.39, 0.29) is 5.43 Å². The topological polar surface area (TPSA) is 81.0 Å². The number of fused-ring (bicyclic) bond motifs is 2. The fraction of sp³-hybridized carbons (Fsp3) is 0.111. The van der Waals surface area contributed by atoms with Crippen LogP contribution in [0.1, 0.15) is 24.2 Å². The molecule has 2 rings (SSSR count). The fourth-order valence-corrected chi connectivity index (χ4v) is 2.21. The zero-order valence-corrected chi connectivity index (χ0v) is 15.9. The van der Waals surface area contributed by atoms with Crippen LogP contribution < -0.4 is 16.1 Å². The molecule has 0 aromatic carbocycles. The van der Waals surface area contributed by atoms with Gasteiger partial charge in [0, 0.05) is 6.21 Å². The monoisotopic (exact) mass is 522 g/mol. The van der Waals surface area contributed by atoms with Gasteiger partial charge in [0.15, 0.2) is 5.43 Å². The van der Waals surface area contributed by atoms with Gasteiger partial charge in [-0.25, -0.2) is 0 Å². The maximum atomic E-state index is 11.9. The quantitative estimate of drug-likeness (QED) is 0.469. The average Bonchev–Trinajstić information content (AvgIpc) is 2.59. The molecule has 2 bridgehead atoms. The van der Waals surface area contributed by atoms with E-state index in [1.54, 1.807) is 49.1 Å². The van der Waals surface area contributed by atoms with Gasteiger partial charge >= 0.3 is 28.2 Å². The predicted octanol–water partition coefficient (Wildman–Crippen LogP) is 3.49. The van der Waals surface area contributed by atoms with Crippen LogP contribution in [0.3, 0.4) is 0 Å². The normalized spacial score (nSPS) is 18.1. The summed E-state index contributed by atoms with van der Waals surface area (Å²) < 4.78 is 0. The SMILES string of the molecule is N=C/C=C\C=C1/CC/C=C(/C=C\C=C/N)c2cc(=O)cc1[n-]2.[Cl][Pt+]. The molecule has 0 atom stereocenters. The van der Waals surface area contributed by atoms with Crippen molar-refractivity contribution in [1.82, 2.24) is 4.98 Å². The number of aromatic nitrogens is 1. The van der Waals surface area contributed by atoms with Crippen molar-refractivity contribution in [2.24, 2.45) is 5.73 Å². The van der Waals surface area contributed by atoms with Gasteiger partial charge < -0.3 is 16.1 Å². The molecular formula is C18H18ClN3OPt. The van der Waals surface area contributed by atoms with E-state index in [0.717, 1.165) is 24.0 Å². The number of halogens is 1. The van der Waals surface area contributed by atoms with E-state index in [4.69, 9.17) is 11.1 Å². The zero-order chi connectivity index (χ0) is 17.8. The third-order valence-corrected chi connectivity index (χ3v) is 3.20. The molecule has 6 heteroatoms. The van der Waals surface area contributed by atoms with Crippen LogP contribution in [0.25, 0.3) is 11.1 Å². The van der Waals surface area contributed by atoms with Crippen molar-refractivity contribution in [2.75, 3.05) is 0 Å². The predicted molar refractivity (Wildman–Crippen MR) is 97.5 cm³/mol. The number of hydrogen-bond donors (Lipinski definition) is 2. The second-order valence-corrected chi connectivity index (χ2v) is 4.76. The Hall–Kier alpha value is -1.90. The van der Waals surface area contributed by atoms with E-state index in [1.807, 2.05) is 18.2 Å². The third-order valence-electron chi connectivity index (χ3n) is 3.20. The Morgan fingerprint density at radius 2 is 1.92 bits per heavy atom. The minimum atomic E-state index is -0.0579. The minimum absolute atomic E-state index is 0.0579. The number of nitrogens with one attached hydrogen (secondary N) is 1. The first-order valence-corrected chi connectivity index (χ1v) is 9.99. The fourth-order valence-electron chi connectivity index (χ4n) is 2.21. The molecule has 0 unspecified atom stereocenters. The first-order valence-electron chi connectivity index (χ1n) is 7.18. The van der Waals surface area contributed by atoms with E-state index < -0.39 is 0 Å². The summed E-state index contributed by atoms with van der Waals surface area (Å²) in [6.45, 7) is 0. The summed E-state index contributed by atoms with van der Waals surface area (Å²) in [5.41, 5.74) is 8.55. The molecule has 3 N–H and O–H groups in total. The standard InChI is InChI=1S/C18H19N3O.ClH.Pt/c19-10-3-1-6-14-8-5-9-15(7-2-4-11-20)18-13-16(22)12-17(14)21-18;;/h1-4,6-8,10-13,20H,5,9,19H2,(H,21,22);1H;/q;;+2/p-2/b4-2-,6-1-,10-3-,14-8-,15-7+,20-11?;;. The van der Waals surface area contributed by atoms with Gasteiger partial charge in [-0.05, 0) is 48.9 Å². The Morgan fingerprint density at radius 3 is 2.62 bits per heavy atom. The molecule has 1 aromatic heterocycles. The molecule has 0 radical (unpaired) electrons. The molecule has 24 heavy (non-hydrogen) atoms. The van der Waals surface area contributed by atoms with Gasteiger partial charge in [0.2, 0.25) is 0 Å². The van der Waals surface area contributed by atoms with E-state index >= 15 is 0 Å². The molecule has 128 valence electrons. The van der Waals surface area contributed by atoms with Crippen LogP contribution in [-0.2, 0) is 18.8 Å². The molecular weight excluding hydrogens is 505 g/mol. The first-order chi connectivity index (χ1) is 11.7. The number of nitrogens with zero attached hydrogens (tertiary/aromatic N) is 1. The van der Waals surface area contributed by atoms with Crippen molar-refractivity contribution >= 4 is 26.8 Å². The number of rotatable bonds is 4. The van der Waals surface area contributed by atoms with Crippen molar-refractivity contribution < 1.29 is 18.8 Å². The van der Waals surface area contributed by atoms with Crippen LogP contribution in [0.2, 0.25) is 0 Å². The molecule has 1 aliphatic heterocycles. The van der Waals surface area contributed by atoms with Crippen LogP contribution in [0.4, 0.5) is 0 Å². The molecule has 0 aliphatic carbocycles. The Morgan fingerprint density at radius 1 is 1.17 bits per heavy atom. The van der Waals surface area contributed by atoms with Crippen molar-refractivity contribution in [1.29, 1.82) is 5.41 Å². The van der Waals surface area contributed by atoms with Gasteiger partial charge in [-0.3, -0.25) is 4.79 Å². The Labute approximate surface area is 156 Å². The average molecular weight is 523 g/mol. The summed E-state index contributed by atoms with van der Waals surface area (Å²) >= 11 is 1.61. The molecule has 0 saturated heterocycles. The summed E-state index contributed by atoms with van der Waals surface area (Å²) in [5.74, 6) is 0. The van der Waals surface area contributed by atoms with Crippen LogP contribution in [0.15, 0.2) is 65.7 Å². The maximum absolute atomic E-state index is 11.9. The Bertz CT molecular complexity index is 758. The van der Waals surface area contributed by atoms with E-state index in [2.05, 4.69) is 20.5 Å².